The second-order valence-electron chi connectivity index (χ2n) is 2.46. The molecule has 1 rings (SSSR count). The molecule has 1 saturated carbocycles. The number of alkyl halides is 1. The van der Waals surface area contributed by atoms with Crippen LogP contribution >= 0.6 is 11.6 Å². The lowest BCUT2D eigenvalue weighted by molar-refractivity contribution is 0.472. The van der Waals surface area contributed by atoms with Crippen molar-refractivity contribution in [3.8, 4) is 0 Å². The fraction of sp³-hybridized carbons (Fsp3) is 0.667. The van der Waals surface area contributed by atoms with Crippen LogP contribution in [0.15, 0.2) is 12.2 Å². The summed E-state index contributed by atoms with van der Waals surface area (Å²) in [6.07, 6.45) is 1.82. The van der Waals surface area contributed by atoms with Gasteiger partial charge in [0.2, 0.25) is 0 Å². The van der Waals surface area contributed by atoms with Gasteiger partial charge in [-0.25, -0.2) is 0 Å². The van der Waals surface area contributed by atoms with Gasteiger partial charge in [0.15, 0.2) is 0 Å². The standard InChI is InChI=1S/C6H10ClN/c1-5-2-6(7,3-5)4-8/h1-4,8H2. The maximum absolute atomic E-state index is 5.90. The molecule has 0 radical (unpaired) electrons. The van der Waals surface area contributed by atoms with Gasteiger partial charge in [-0.15, -0.1) is 11.6 Å². The van der Waals surface area contributed by atoms with Crippen LogP contribution in [0.1, 0.15) is 12.8 Å². The molecule has 0 heterocycles. The molecule has 1 fully saturated rings. The van der Waals surface area contributed by atoms with E-state index >= 15 is 0 Å². The van der Waals surface area contributed by atoms with Crippen LogP contribution in [-0.2, 0) is 0 Å². The van der Waals surface area contributed by atoms with Crippen molar-refractivity contribution in [2.24, 2.45) is 5.73 Å². The first-order valence-electron chi connectivity index (χ1n) is 2.72. The van der Waals surface area contributed by atoms with Crippen molar-refractivity contribution in [2.75, 3.05) is 6.54 Å². The van der Waals surface area contributed by atoms with Gasteiger partial charge >= 0.3 is 0 Å². The summed E-state index contributed by atoms with van der Waals surface area (Å²) in [6.45, 7) is 4.34. The third-order valence-corrected chi connectivity index (χ3v) is 1.92. The highest BCUT2D eigenvalue weighted by Gasteiger charge is 2.35. The van der Waals surface area contributed by atoms with E-state index < -0.39 is 0 Å². The number of hydrogen-bond acceptors (Lipinski definition) is 1. The molecule has 0 unspecified atom stereocenters. The Morgan fingerprint density at radius 3 is 2.38 bits per heavy atom. The SMILES string of the molecule is C=C1CC(Cl)(CN)C1. The monoisotopic (exact) mass is 131 g/mol. The van der Waals surface area contributed by atoms with Gasteiger partial charge in [0.1, 0.15) is 0 Å². The van der Waals surface area contributed by atoms with Gasteiger partial charge in [-0.1, -0.05) is 12.2 Å². The Morgan fingerprint density at radius 2 is 2.25 bits per heavy atom. The average Bonchev–Trinajstić information content (AvgIpc) is 1.63. The second kappa shape index (κ2) is 1.74. The third-order valence-electron chi connectivity index (χ3n) is 1.50. The van der Waals surface area contributed by atoms with E-state index in [-0.39, 0.29) is 4.87 Å². The summed E-state index contributed by atoms with van der Waals surface area (Å²) in [6, 6.07) is 0. The lowest BCUT2D eigenvalue weighted by Gasteiger charge is -2.36. The molecule has 0 aromatic rings. The molecule has 0 amide bonds. The van der Waals surface area contributed by atoms with Gasteiger partial charge in [0.25, 0.3) is 0 Å². The topological polar surface area (TPSA) is 26.0 Å². The summed E-state index contributed by atoms with van der Waals surface area (Å²) < 4.78 is 0. The molecule has 0 bridgehead atoms. The minimum atomic E-state index is -0.114. The van der Waals surface area contributed by atoms with Crippen LogP contribution < -0.4 is 5.73 Å². The van der Waals surface area contributed by atoms with Gasteiger partial charge in [0.05, 0.1) is 4.87 Å². The zero-order chi connectivity index (χ0) is 6.20. The lowest BCUT2D eigenvalue weighted by atomic mass is 9.80. The van der Waals surface area contributed by atoms with Crippen LogP contribution in [0.3, 0.4) is 0 Å². The summed E-state index contributed by atoms with van der Waals surface area (Å²) in [7, 11) is 0. The molecule has 2 heteroatoms. The van der Waals surface area contributed by atoms with Crippen molar-refractivity contribution in [3.05, 3.63) is 12.2 Å². The van der Waals surface area contributed by atoms with Gasteiger partial charge in [-0.3, -0.25) is 0 Å². The van der Waals surface area contributed by atoms with Gasteiger partial charge in [-0.2, -0.15) is 0 Å². The highest BCUT2D eigenvalue weighted by atomic mass is 35.5. The molecule has 0 saturated heterocycles. The molecule has 2 N–H and O–H groups in total. The highest BCUT2D eigenvalue weighted by molar-refractivity contribution is 6.25. The Morgan fingerprint density at radius 1 is 1.75 bits per heavy atom. The van der Waals surface area contributed by atoms with Gasteiger partial charge in [0, 0.05) is 6.54 Å². The molecule has 0 aliphatic heterocycles. The lowest BCUT2D eigenvalue weighted by Crippen LogP contribution is -2.39. The predicted molar refractivity (Wildman–Crippen MR) is 36.0 cm³/mol. The molecular weight excluding hydrogens is 122 g/mol. The Kier molecular flexibility index (Phi) is 1.33. The normalized spacial score (nSPS) is 25.0. The van der Waals surface area contributed by atoms with E-state index in [1.165, 1.54) is 5.57 Å². The van der Waals surface area contributed by atoms with Crippen molar-refractivity contribution in [2.45, 2.75) is 17.7 Å². The Bertz CT molecular complexity index is 112. The van der Waals surface area contributed by atoms with Crippen molar-refractivity contribution >= 4 is 11.6 Å². The first-order valence-corrected chi connectivity index (χ1v) is 3.10. The number of nitrogens with two attached hydrogens (primary N) is 1. The highest BCUT2D eigenvalue weighted by Crippen LogP contribution is 2.40. The zero-order valence-electron chi connectivity index (χ0n) is 4.78. The van der Waals surface area contributed by atoms with Crippen molar-refractivity contribution < 1.29 is 0 Å². The maximum atomic E-state index is 5.90. The van der Waals surface area contributed by atoms with Crippen LogP contribution in [0.2, 0.25) is 0 Å². The second-order valence-corrected chi connectivity index (χ2v) is 3.26. The molecule has 1 aliphatic rings. The smallest absolute Gasteiger partial charge is 0.0642 e. The molecule has 0 aromatic carbocycles. The molecular formula is C6H10ClN. The van der Waals surface area contributed by atoms with E-state index in [9.17, 15) is 0 Å². The minimum Gasteiger partial charge on any atom is -0.329 e. The van der Waals surface area contributed by atoms with Crippen molar-refractivity contribution in [1.29, 1.82) is 0 Å². The number of halogens is 1. The predicted octanol–water partition coefficient (Wildman–Crippen LogP) is 1.27. The molecule has 8 heavy (non-hydrogen) atoms. The Labute approximate surface area is 54.5 Å². The summed E-state index contributed by atoms with van der Waals surface area (Å²) in [4.78, 5) is -0.114. The van der Waals surface area contributed by atoms with Crippen LogP contribution in [0.25, 0.3) is 0 Å². The Balaban J connectivity index is 2.40. The quantitative estimate of drug-likeness (QED) is 0.421. The Hall–Kier alpha value is -0.0100. The fourth-order valence-electron chi connectivity index (χ4n) is 0.989. The number of allylic oxidation sites excluding steroid dienone is 1. The average molecular weight is 132 g/mol. The van der Waals surface area contributed by atoms with Gasteiger partial charge in [-0.05, 0) is 12.8 Å². The van der Waals surface area contributed by atoms with E-state index in [1.54, 1.807) is 0 Å². The minimum absolute atomic E-state index is 0.114. The molecule has 0 spiro atoms. The molecule has 0 aromatic heterocycles. The van der Waals surface area contributed by atoms with E-state index in [0.29, 0.717) is 6.54 Å². The van der Waals surface area contributed by atoms with E-state index in [4.69, 9.17) is 17.3 Å². The van der Waals surface area contributed by atoms with E-state index in [0.717, 1.165) is 12.8 Å². The van der Waals surface area contributed by atoms with E-state index in [1.807, 2.05) is 0 Å². The van der Waals surface area contributed by atoms with Crippen molar-refractivity contribution in [1.82, 2.24) is 0 Å². The molecule has 0 atom stereocenters. The van der Waals surface area contributed by atoms with Crippen LogP contribution in [0.4, 0.5) is 0 Å². The fourth-order valence-corrected chi connectivity index (χ4v) is 1.37. The first kappa shape index (κ1) is 6.12. The summed E-state index contributed by atoms with van der Waals surface area (Å²) in [5.74, 6) is 0. The molecule has 1 nitrogen and oxygen atoms in total. The zero-order valence-corrected chi connectivity index (χ0v) is 5.54. The molecule has 1 aliphatic carbocycles. The summed E-state index contributed by atoms with van der Waals surface area (Å²) in [5.41, 5.74) is 6.58. The third kappa shape index (κ3) is 0.884. The first-order chi connectivity index (χ1) is 3.66. The molecule has 46 valence electrons. The largest absolute Gasteiger partial charge is 0.329 e. The number of hydrogen-bond donors (Lipinski definition) is 1. The van der Waals surface area contributed by atoms with Crippen LogP contribution in [-0.4, -0.2) is 11.4 Å². The maximum Gasteiger partial charge on any atom is 0.0642 e. The van der Waals surface area contributed by atoms with Gasteiger partial charge < -0.3 is 5.73 Å². The van der Waals surface area contributed by atoms with E-state index in [2.05, 4.69) is 6.58 Å². The van der Waals surface area contributed by atoms with Crippen LogP contribution in [0, 0.1) is 0 Å². The number of rotatable bonds is 1. The summed E-state index contributed by atoms with van der Waals surface area (Å²) in [5, 5.41) is 0. The van der Waals surface area contributed by atoms with Crippen LogP contribution in [0.5, 0.6) is 0 Å². The van der Waals surface area contributed by atoms with Crippen molar-refractivity contribution in [3.63, 3.8) is 0 Å². The summed E-state index contributed by atoms with van der Waals surface area (Å²) >= 11 is 5.90.